The zero-order valence-electron chi connectivity index (χ0n) is 14.8. The topological polar surface area (TPSA) is 66.7 Å². The van der Waals surface area contributed by atoms with Crippen LogP contribution in [0.4, 0.5) is 11.4 Å². The van der Waals surface area contributed by atoms with E-state index >= 15 is 0 Å². The van der Waals surface area contributed by atoms with Crippen molar-refractivity contribution in [1.29, 1.82) is 0 Å². The zero-order chi connectivity index (χ0) is 19.0. The monoisotopic (exact) mass is 385 g/mol. The summed E-state index contributed by atoms with van der Waals surface area (Å²) in [4.78, 5) is 27.6. The van der Waals surface area contributed by atoms with E-state index in [4.69, 9.17) is 11.6 Å². The van der Waals surface area contributed by atoms with Crippen LogP contribution in [0.2, 0.25) is 5.02 Å². The highest BCUT2D eigenvalue weighted by Crippen LogP contribution is 2.50. The van der Waals surface area contributed by atoms with E-state index in [0.29, 0.717) is 18.1 Å². The number of hydrogen-bond acceptors (Lipinski definition) is 4. The van der Waals surface area contributed by atoms with Gasteiger partial charge in [-0.3, -0.25) is 14.9 Å². The number of amides is 1. The molecular formula is C20H20ClN3O3. The molecule has 0 bridgehead atoms. The number of carbonyl (C=O) groups excluding carboxylic acids is 1. The molecule has 0 unspecified atom stereocenters. The fourth-order valence-corrected chi connectivity index (χ4v) is 3.90. The molecule has 2 aromatic rings. The van der Waals surface area contributed by atoms with Gasteiger partial charge >= 0.3 is 0 Å². The number of benzene rings is 2. The standard InChI is InChI=1S/C20H20ClN3O3/c21-16-3-1-15(2-4-16)20(9-10-20)19(25)23-13-11-22(12-14-23)17-5-7-18(8-6-17)24(26)27/h1-8H,9-14H2. The maximum atomic E-state index is 13.1. The number of halogens is 1. The highest BCUT2D eigenvalue weighted by Gasteiger charge is 2.53. The van der Waals surface area contributed by atoms with Crippen molar-refractivity contribution in [2.24, 2.45) is 0 Å². The third kappa shape index (κ3) is 3.37. The summed E-state index contributed by atoms with van der Waals surface area (Å²) >= 11 is 5.97. The molecule has 140 valence electrons. The molecule has 1 saturated heterocycles. The smallest absolute Gasteiger partial charge is 0.269 e. The number of rotatable bonds is 4. The van der Waals surface area contributed by atoms with Gasteiger partial charge in [0.2, 0.25) is 5.91 Å². The van der Waals surface area contributed by atoms with Gasteiger partial charge in [0.25, 0.3) is 5.69 Å². The molecule has 1 amide bonds. The van der Waals surface area contributed by atoms with Crippen LogP contribution in [0.25, 0.3) is 0 Å². The number of non-ortho nitro benzene ring substituents is 1. The van der Waals surface area contributed by atoms with Crippen LogP contribution in [-0.4, -0.2) is 41.9 Å². The molecule has 2 aliphatic rings. The van der Waals surface area contributed by atoms with Gasteiger partial charge < -0.3 is 9.80 Å². The third-order valence-corrected chi connectivity index (χ3v) is 5.80. The molecule has 0 radical (unpaired) electrons. The van der Waals surface area contributed by atoms with Gasteiger partial charge in [-0.05, 0) is 42.7 Å². The molecule has 2 aromatic carbocycles. The predicted octanol–water partition coefficient (Wildman–Crippen LogP) is 3.63. The van der Waals surface area contributed by atoms with Gasteiger partial charge in [-0.2, -0.15) is 0 Å². The van der Waals surface area contributed by atoms with Gasteiger partial charge in [0.15, 0.2) is 0 Å². The maximum Gasteiger partial charge on any atom is 0.269 e. The molecule has 2 fully saturated rings. The van der Waals surface area contributed by atoms with Crippen molar-refractivity contribution in [1.82, 2.24) is 4.90 Å². The summed E-state index contributed by atoms with van der Waals surface area (Å²) in [5.41, 5.74) is 1.72. The van der Waals surface area contributed by atoms with Gasteiger partial charge in [-0.25, -0.2) is 0 Å². The molecule has 27 heavy (non-hydrogen) atoms. The second-order valence-electron chi connectivity index (χ2n) is 7.14. The van der Waals surface area contributed by atoms with Gasteiger partial charge in [0, 0.05) is 49.0 Å². The van der Waals surface area contributed by atoms with Gasteiger partial charge in [-0.1, -0.05) is 23.7 Å². The molecule has 0 atom stereocenters. The molecule has 4 rings (SSSR count). The van der Waals surface area contributed by atoms with Crippen LogP contribution >= 0.6 is 11.6 Å². The Bertz CT molecular complexity index is 855. The van der Waals surface area contributed by atoms with E-state index in [9.17, 15) is 14.9 Å². The normalized spacial score (nSPS) is 18.3. The largest absolute Gasteiger partial charge is 0.368 e. The first-order valence-electron chi connectivity index (χ1n) is 9.04. The average molecular weight is 386 g/mol. The first-order chi connectivity index (χ1) is 13.0. The second-order valence-corrected chi connectivity index (χ2v) is 7.58. The van der Waals surface area contributed by atoms with E-state index in [2.05, 4.69) is 4.90 Å². The van der Waals surface area contributed by atoms with Crippen molar-refractivity contribution < 1.29 is 9.72 Å². The fraction of sp³-hybridized carbons (Fsp3) is 0.350. The van der Waals surface area contributed by atoms with Crippen LogP contribution in [0.1, 0.15) is 18.4 Å². The highest BCUT2D eigenvalue weighted by atomic mass is 35.5. The number of piperazine rings is 1. The Balaban J connectivity index is 1.41. The van der Waals surface area contributed by atoms with Crippen LogP contribution in [0.15, 0.2) is 48.5 Å². The number of anilines is 1. The van der Waals surface area contributed by atoms with E-state index < -0.39 is 4.92 Å². The van der Waals surface area contributed by atoms with Crippen molar-refractivity contribution >= 4 is 28.9 Å². The SMILES string of the molecule is O=C(N1CCN(c2ccc([N+](=O)[O-])cc2)CC1)C1(c2ccc(Cl)cc2)CC1. The lowest BCUT2D eigenvalue weighted by Gasteiger charge is -2.37. The average Bonchev–Trinajstić information content (AvgIpc) is 3.50. The highest BCUT2D eigenvalue weighted by molar-refractivity contribution is 6.30. The minimum absolute atomic E-state index is 0.0891. The molecule has 1 heterocycles. The molecule has 1 saturated carbocycles. The third-order valence-electron chi connectivity index (χ3n) is 5.55. The first kappa shape index (κ1) is 17.8. The van der Waals surface area contributed by atoms with Crippen molar-refractivity contribution in [3.8, 4) is 0 Å². The van der Waals surface area contributed by atoms with Crippen LogP contribution in [-0.2, 0) is 10.2 Å². The van der Waals surface area contributed by atoms with E-state index in [0.717, 1.165) is 37.2 Å². The molecule has 0 aromatic heterocycles. The number of nitro benzene ring substituents is 1. The van der Waals surface area contributed by atoms with Gasteiger partial charge in [-0.15, -0.1) is 0 Å². The minimum Gasteiger partial charge on any atom is -0.368 e. The molecule has 0 spiro atoms. The van der Waals surface area contributed by atoms with E-state index in [1.54, 1.807) is 12.1 Å². The van der Waals surface area contributed by atoms with Gasteiger partial charge in [0.1, 0.15) is 0 Å². The van der Waals surface area contributed by atoms with Crippen LogP contribution in [0.3, 0.4) is 0 Å². The van der Waals surface area contributed by atoms with Crippen molar-refractivity contribution in [2.45, 2.75) is 18.3 Å². The van der Waals surface area contributed by atoms with E-state index in [1.807, 2.05) is 29.2 Å². The van der Waals surface area contributed by atoms with Crippen molar-refractivity contribution in [3.63, 3.8) is 0 Å². The number of nitro groups is 1. The number of hydrogen-bond donors (Lipinski definition) is 0. The second kappa shape index (κ2) is 6.85. The maximum absolute atomic E-state index is 13.1. The zero-order valence-corrected chi connectivity index (χ0v) is 15.6. The Hall–Kier alpha value is -2.60. The predicted molar refractivity (Wildman–Crippen MR) is 104 cm³/mol. The summed E-state index contributed by atoms with van der Waals surface area (Å²) in [5.74, 6) is 0.202. The Kier molecular flexibility index (Phi) is 4.52. The Morgan fingerprint density at radius 2 is 1.56 bits per heavy atom. The quantitative estimate of drug-likeness (QED) is 0.595. The fourth-order valence-electron chi connectivity index (χ4n) is 3.78. The Morgan fingerprint density at radius 3 is 2.07 bits per heavy atom. The minimum atomic E-state index is -0.397. The Labute approximate surface area is 162 Å². The lowest BCUT2D eigenvalue weighted by molar-refractivity contribution is -0.384. The first-order valence-corrected chi connectivity index (χ1v) is 9.42. The molecule has 7 heteroatoms. The molecular weight excluding hydrogens is 366 g/mol. The summed E-state index contributed by atoms with van der Waals surface area (Å²) < 4.78 is 0. The lowest BCUT2D eigenvalue weighted by atomic mass is 9.94. The summed E-state index contributed by atoms with van der Waals surface area (Å²) in [6.07, 6.45) is 1.77. The number of carbonyl (C=O) groups is 1. The van der Waals surface area contributed by atoms with Crippen LogP contribution in [0.5, 0.6) is 0 Å². The summed E-state index contributed by atoms with van der Waals surface area (Å²) in [5, 5.41) is 11.5. The Morgan fingerprint density at radius 1 is 0.963 bits per heavy atom. The lowest BCUT2D eigenvalue weighted by Crippen LogP contribution is -2.51. The summed E-state index contributed by atoms with van der Waals surface area (Å²) in [6, 6.07) is 14.2. The summed E-state index contributed by atoms with van der Waals surface area (Å²) in [6.45, 7) is 2.76. The van der Waals surface area contributed by atoms with E-state index in [1.165, 1.54) is 12.1 Å². The number of nitrogens with zero attached hydrogens (tertiary/aromatic N) is 3. The molecule has 1 aliphatic heterocycles. The molecule has 0 N–H and O–H groups in total. The van der Waals surface area contributed by atoms with Crippen molar-refractivity contribution in [3.05, 3.63) is 69.2 Å². The van der Waals surface area contributed by atoms with Crippen LogP contribution < -0.4 is 4.90 Å². The molecule has 1 aliphatic carbocycles. The van der Waals surface area contributed by atoms with E-state index in [-0.39, 0.29) is 17.0 Å². The van der Waals surface area contributed by atoms with Gasteiger partial charge in [0.05, 0.1) is 10.3 Å². The molecule has 6 nitrogen and oxygen atoms in total. The van der Waals surface area contributed by atoms with Crippen molar-refractivity contribution in [2.75, 3.05) is 31.1 Å². The summed E-state index contributed by atoms with van der Waals surface area (Å²) in [7, 11) is 0. The van der Waals surface area contributed by atoms with Crippen LogP contribution in [0, 0.1) is 10.1 Å².